The van der Waals surface area contributed by atoms with Gasteiger partial charge < -0.3 is 0 Å². The van der Waals surface area contributed by atoms with Crippen molar-refractivity contribution in [2.24, 2.45) is 7.05 Å². The zero-order valence-corrected chi connectivity index (χ0v) is 13.6. The van der Waals surface area contributed by atoms with Crippen LogP contribution in [0.2, 0.25) is 0 Å². The van der Waals surface area contributed by atoms with E-state index < -0.39 is 0 Å². The second-order valence-corrected chi connectivity index (χ2v) is 5.82. The molecule has 1 heterocycles. The van der Waals surface area contributed by atoms with Crippen molar-refractivity contribution in [1.29, 1.82) is 0 Å². The Balaban J connectivity index is 2.20. The summed E-state index contributed by atoms with van der Waals surface area (Å²) in [6.45, 7) is 6.27. The number of aryl methyl sites for hydroxylation is 4. The number of aromatic nitrogens is 2. The van der Waals surface area contributed by atoms with Crippen LogP contribution >= 0.6 is 0 Å². The molecule has 0 aliphatic rings. The molecule has 0 aliphatic heterocycles. The minimum atomic E-state index is 1.04. The molecule has 0 unspecified atom stereocenters. The molecule has 2 nitrogen and oxygen atoms in total. The fraction of sp³-hybridized carbons (Fsp3) is 0.200. The van der Waals surface area contributed by atoms with Crippen LogP contribution in [-0.4, -0.2) is 4.98 Å². The third-order valence-corrected chi connectivity index (χ3v) is 4.02. The number of hydrogen-bond donors (Lipinski definition) is 0. The molecule has 0 spiro atoms. The maximum atomic E-state index is 4.63. The molecule has 0 fully saturated rings. The Hall–Kier alpha value is -2.48. The first kappa shape index (κ1) is 14.5. The molecule has 0 saturated heterocycles. The van der Waals surface area contributed by atoms with E-state index in [9.17, 15) is 0 Å². The van der Waals surface area contributed by atoms with Crippen molar-refractivity contribution in [2.45, 2.75) is 20.8 Å². The summed E-state index contributed by atoms with van der Waals surface area (Å²) in [6, 6.07) is 17.1. The Labute approximate surface area is 132 Å². The van der Waals surface area contributed by atoms with Crippen molar-refractivity contribution in [3.8, 4) is 22.4 Å². The van der Waals surface area contributed by atoms with E-state index >= 15 is 0 Å². The van der Waals surface area contributed by atoms with Crippen molar-refractivity contribution in [2.75, 3.05) is 0 Å². The van der Waals surface area contributed by atoms with Crippen LogP contribution in [0.3, 0.4) is 0 Å². The second-order valence-electron chi connectivity index (χ2n) is 5.82. The second kappa shape index (κ2) is 5.72. The van der Waals surface area contributed by atoms with Crippen LogP contribution in [0.5, 0.6) is 0 Å². The lowest BCUT2D eigenvalue weighted by molar-refractivity contribution is -0.661. The highest BCUT2D eigenvalue weighted by Crippen LogP contribution is 2.28. The summed E-state index contributed by atoms with van der Waals surface area (Å²) in [5.74, 6) is 0. The lowest BCUT2D eigenvalue weighted by Crippen LogP contribution is -2.33. The van der Waals surface area contributed by atoms with Crippen LogP contribution in [-0.2, 0) is 7.05 Å². The first-order chi connectivity index (χ1) is 10.6. The van der Waals surface area contributed by atoms with Gasteiger partial charge in [0, 0.05) is 0 Å². The van der Waals surface area contributed by atoms with Crippen LogP contribution in [0.15, 0.2) is 54.7 Å². The number of benzene rings is 2. The lowest BCUT2D eigenvalue weighted by atomic mass is 9.97. The molecule has 0 saturated carbocycles. The summed E-state index contributed by atoms with van der Waals surface area (Å²) in [5, 5.41) is 0. The quantitative estimate of drug-likeness (QED) is 0.647. The van der Waals surface area contributed by atoms with Crippen LogP contribution in [0.1, 0.15) is 17.0 Å². The van der Waals surface area contributed by atoms with Crippen molar-refractivity contribution >= 4 is 0 Å². The van der Waals surface area contributed by atoms with E-state index in [-0.39, 0.29) is 0 Å². The zero-order valence-electron chi connectivity index (χ0n) is 13.6. The molecule has 3 aromatic rings. The van der Waals surface area contributed by atoms with Crippen LogP contribution in [0, 0.1) is 20.8 Å². The van der Waals surface area contributed by atoms with Gasteiger partial charge in [-0.05, 0) is 43.5 Å². The molecule has 0 aliphatic carbocycles. The third-order valence-electron chi connectivity index (χ3n) is 4.02. The van der Waals surface area contributed by atoms with E-state index in [2.05, 4.69) is 79.1 Å². The smallest absolute Gasteiger partial charge is 0.233 e. The SMILES string of the molecule is Cc1c[n+](C)c(-c2cc(-c3ccccc3)ccc2C)c(C)n1. The first-order valence-corrected chi connectivity index (χ1v) is 7.56. The number of rotatable bonds is 2. The number of hydrogen-bond acceptors (Lipinski definition) is 1. The standard InChI is InChI=1S/C20H21N2/c1-14-10-11-18(17-8-6-5-7-9-17)12-19(14)20-16(3)21-15(2)13-22(20)4/h5-13H,1-4H3/q+1. The molecule has 0 N–H and O–H groups in total. The topological polar surface area (TPSA) is 16.8 Å². The Kier molecular flexibility index (Phi) is 3.76. The lowest BCUT2D eigenvalue weighted by Gasteiger charge is -2.10. The van der Waals surface area contributed by atoms with Crippen molar-refractivity contribution < 1.29 is 4.57 Å². The average molecular weight is 289 g/mol. The van der Waals surface area contributed by atoms with E-state index in [4.69, 9.17) is 0 Å². The third kappa shape index (κ3) is 2.64. The minimum absolute atomic E-state index is 1.04. The predicted octanol–water partition coefficient (Wildman–Crippen LogP) is 4.17. The van der Waals surface area contributed by atoms with Gasteiger partial charge in [0.2, 0.25) is 5.69 Å². The summed E-state index contributed by atoms with van der Waals surface area (Å²) in [5.41, 5.74) is 8.28. The summed E-state index contributed by atoms with van der Waals surface area (Å²) in [6.07, 6.45) is 2.08. The van der Waals surface area contributed by atoms with Gasteiger partial charge in [-0.3, -0.25) is 0 Å². The van der Waals surface area contributed by atoms with Crippen molar-refractivity contribution in [3.05, 3.63) is 71.7 Å². The van der Waals surface area contributed by atoms with Gasteiger partial charge in [-0.2, -0.15) is 4.57 Å². The van der Waals surface area contributed by atoms with Crippen LogP contribution in [0.4, 0.5) is 0 Å². The maximum absolute atomic E-state index is 4.63. The molecule has 2 aromatic carbocycles. The Morgan fingerprint density at radius 1 is 0.864 bits per heavy atom. The van der Waals surface area contributed by atoms with Gasteiger partial charge in [-0.25, -0.2) is 4.98 Å². The van der Waals surface area contributed by atoms with E-state index in [1.807, 2.05) is 13.0 Å². The summed E-state index contributed by atoms with van der Waals surface area (Å²) < 4.78 is 2.18. The highest BCUT2D eigenvalue weighted by atomic mass is 15.0. The highest BCUT2D eigenvalue weighted by Gasteiger charge is 2.18. The molecular weight excluding hydrogens is 268 g/mol. The van der Waals surface area contributed by atoms with Gasteiger partial charge >= 0.3 is 0 Å². The molecule has 3 rings (SSSR count). The molecule has 2 heteroatoms. The fourth-order valence-corrected chi connectivity index (χ4v) is 3.02. The average Bonchev–Trinajstić information content (AvgIpc) is 2.49. The van der Waals surface area contributed by atoms with Gasteiger partial charge in [0.05, 0.1) is 5.56 Å². The summed E-state index contributed by atoms with van der Waals surface area (Å²) in [7, 11) is 2.09. The zero-order chi connectivity index (χ0) is 15.7. The first-order valence-electron chi connectivity index (χ1n) is 7.56. The van der Waals surface area contributed by atoms with Crippen LogP contribution < -0.4 is 4.57 Å². The molecule has 0 atom stereocenters. The molecule has 22 heavy (non-hydrogen) atoms. The molecular formula is C20H21N2+. The summed E-state index contributed by atoms with van der Waals surface area (Å²) in [4.78, 5) is 4.63. The normalized spacial score (nSPS) is 10.7. The largest absolute Gasteiger partial charge is 0.245 e. The molecule has 0 amide bonds. The Bertz CT molecular complexity index is 797. The predicted molar refractivity (Wildman–Crippen MR) is 90.5 cm³/mol. The fourth-order valence-electron chi connectivity index (χ4n) is 3.02. The molecule has 0 radical (unpaired) electrons. The summed E-state index contributed by atoms with van der Waals surface area (Å²) >= 11 is 0. The van der Waals surface area contributed by atoms with E-state index in [0.29, 0.717) is 0 Å². The van der Waals surface area contributed by atoms with Gasteiger partial charge in [0.1, 0.15) is 18.4 Å². The van der Waals surface area contributed by atoms with Crippen molar-refractivity contribution in [1.82, 2.24) is 4.98 Å². The van der Waals surface area contributed by atoms with Crippen LogP contribution in [0.25, 0.3) is 22.4 Å². The van der Waals surface area contributed by atoms with E-state index in [0.717, 1.165) is 11.4 Å². The maximum Gasteiger partial charge on any atom is 0.233 e. The van der Waals surface area contributed by atoms with Gasteiger partial charge in [-0.15, -0.1) is 0 Å². The van der Waals surface area contributed by atoms with E-state index in [1.165, 1.54) is 27.9 Å². The van der Waals surface area contributed by atoms with Gasteiger partial charge in [0.15, 0.2) is 6.20 Å². The highest BCUT2D eigenvalue weighted by molar-refractivity contribution is 5.73. The molecule has 110 valence electrons. The number of nitrogens with zero attached hydrogens (tertiary/aromatic N) is 2. The Morgan fingerprint density at radius 3 is 2.27 bits per heavy atom. The van der Waals surface area contributed by atoms with E-state index in [1.54, 1.807) is 0 Å². The van der Waals surface area contributed by atoms with Crippen molar-refractivity contribution in [3.63, 3.8) is 0 Å². The monoisotopic (exact) mass is 289 g/mol. The van der Waals surface area contributed by atoms with Gasteiger partial charge in [-0.1, -0.05) is 42.5 Å². The Morgan fingerprint density at radius 2 is 1.59 bits per heavy atom. The molecule has 1 aromatic heterocycles. The minimum Gasteiger partial charge on any atom is -0.245 e. The van der Waals surface area contributed by atoms with Gasteiger partial charge in [0.25, 0.3) is 0 Å². The molecule has 0 bridgehead atoms.